The van der Waals surface area contributed by atoms with Gasteiger partial charge in [0.1, 0.15) is 0 Å². The van der Waals surface area contributed by atoms with Gasteiger partial charge >= 0.3 is 0 Å². The van der Waals surface area contributed by atoms with Crippen molar-refractivity contribution in [3.05, 3.63) is 23.8 Å². The maximum atomic E-state index is 5.54. The van der Waals surface area contributed by atoms with E-state index in [1.165, 1.54) is 0 Å². The first-order chi connectivity index (χ1) is 5.27. The van der Waals surface area contributed by atoms with Crippen molar-refractivity contribution in [2.24, 2.45) is 10.7 Å². The molecule has 3 nitrogen and oxygen atoms in total. The third-order valence-corrected chi connectivity index (χ3v) is 1.49. The highest BCUT2D eigenvalue weighted by Crippen LogP contribution is 2.20. The van der Waals surface area contributed by atoms with Crippen LogP contribution in [-0.2, 0) is 6.54 Å². The number of nitrogens with zero attached hydrogens (tertiary/aromatic N) is 1. The Kier molecular flexibility index (Phi) is 2.23. The van der Waals surface area contributed by atoms with E-state index in [0.717, 1.165) is 11.3 Å². The molecule has 11 heavy (non-hydrogen) atoms. The molecule has 58 valence electrons. The van der Waals surface area contributed by atoms with Gasteiger partial charge in [0.05, 0.1) is 5.69 Å². The normalized spacial score (nSPS) is 9.55. The van der Waals surface area contributed by atoms with Gasteiger partial charge in [-0.2, -0.15) is 0 Å². The van der Waals surface area contributed by atoms with E-state index in [4.69, 9.17) is 11.5 Å². The minimum absolute atomic E-state index is 0.444. The molecular weight excluding hydrogens is 138 g/mol. The van der Waals surface area contributed by atoms with Gasteiger partial charge in [-0.05, 0) is 30.5 Å². The molecule has 3 heteroatoms. The summed E-state index contributed by atoms with van der Waals surface area (Å²) in [6.07, 6.45) is 0. The SMILES string of the molecule is C=Nc1ccc(N)cc1CN. The zero-order valence-corrected chi connectivity index (χ0v) is 6.25. The Morgan fingerprint density at radius 3 is 2.73 bits per heavy atom. The molecule has 4 N–H and O–H groups in total. The predicted octanol–water partition coefficient (Wildman–Crippen LogP) is 1.06. The lowest BCUT2D eigenvalue weighted by Crippen LogP contribution is -1.97. The van der Waals surface area contributed by atoms with Crippen molar-refractivity contribution in [2.45, 2.75) is 6.54 Å². The average molecular weight is 149 g/mol. The lowest BCUT2D eigenvalue weighted by molar-refractivity contribution is 1.07. The lowest BCUT2D eigenvalue weighted by Gasteiger charge is -2.02. The quantitative estimate of drug-likeness (QED) is 0.487. The van der Waals surface area contributed by atoms with Crippen LogP contribution in [0.3, 0.4) is 0 Å². The van der Waals surface area contributed by atoms with Gasteiger partial charge in [-0.3, -0.25) is 4.99 Å². The number of benzene rings is 1. The van der Waals surface area contributed by atoms with Crippen molar-refractivity contribution >= 4 is 18.1 Å². The molecule has 0 aliphatic rings. The van der Waals surface area contributed by atoms with Crippen LogP contribution in [0.2, 0.25) is 0 Å². The summed E-state index contributed by atoms with van der Waals surface area (Å²) < 4.78 is 0. The summed E-state index contributed by atoms with van der Waals surface area (Å²) in [6, 6.07) is 5.40. The molecule has 0 aliphatic heterocycles. The van der Waals surface area contributed by atoms with Crippen molar-refractivity contribution in [2.75, 3.05) is 5.73 Å². The summed E-state index contributed by atoms with van der Waals surface area (Å²) in [5.41, 5.74) is 13.4. The van der Waals surface area contributed by atoms with Gasteiger partial charge in [-0.15, -0.1) is 0 Å². The van der Waals surface area contributed by atoms with Crippen LogP contribution in [0.15, 0.2) is 23.2 Å². The Labute approximate surface area is 65.7 Å². The molecule has 1 aromatic rings. The Bertz CT molecular complexity index is 268. The summed E-state index contributed by atoms with van der Waals surface area (Å²) in [4.78, 5) is 3.80. The van der Waals surface area contributed by atoms with Crippen LogP contribution in [0.1, 0.15) is 5.56 Å². The Morgan fingerprint density at radius 2 is 2.18 bits per heavy atom. The van der Waals surface area contributed by atoms with Crippen molar-refractivity contribution in [1.82, 2.24) is 0 Å². The minimum atomic E-state index is 0.444. The number of nitrogens with two attached hydrogens (primary N) is 2. The standard InChI is InChI=1S/C8H11N3/c1-11-8-3-2-7(10)4-6(8)5-9/h2-4H,1,5,9-10H2. The van der Waals surface area contributed by atoms with Crippen molar-refractivity contribution in [1.29, 1.82) is 0 Å². The molecule has 1 aromatic carbocycles. The van der Waals surface area contributed by atoms with E-state index >= 15 is 0 Å². The Balaban J connectivity index is 3.16. The maximum Gasteiger partial charge on any atom is 0.0668 e. The molecule has 0 amide bonds. The van der Waals surface area contributed by atoms with E-state index in [9.17, 15) is 0 Å². The van der Waals surface area contributed by atoms with E-state index in [2.05, 4.69) is 11.7 Å². The topological polar surface area (TPSA) is 64.4 Å². The summed E-state index contributed by atoms with van der Waals surface area (Å²) in [6.45, 7) is 3.87. The van der Waals surface area contributed by atoms with Gasteiger partial charge < -0.3 is 11.5 Å². The van der Waals surface area contributed by atoms with Crippen LogP contribution >= 0.6 is 0 Å². The van der Waals surface area contributed by atoms with Gasteiger partial charge in [-0.1, -0.05) is 0 Å². The number of aliphatic imine (C=N–C) groups is 1. The molecule has 1 rings (SSSR count). The highest BCUT2D eigenvalue weighted by molar-refractivity contribution is 5.57. The fourth-order valence-corrected chi connectivity index (χ4v) is 0.923. The zero-order valence-electron chi connectivity index (χ0n) is 6.25. The fraction of sp³-hybridized carbons (Fsp3) is 0.125. The number of hydrogen-bond acceptors (Lipinski definition) is 3. The first kappa shape index (κ1) is 7.75. The Morgan fingerprint density at radius 1 is 1.45 bits per heavy atom. The third-order valence-electron chi connectivity index (χ3n) is 1.49. The van der Waals surface area contributed by atoms with Crippen molar-refractivity contribution in [3.8, 4) is 0 Å². The van der Waals surface area contributed by atoms with E-state index in [-0.39, 0.29) is 0 Å². The van der Waals surface area contributed by atoms with Crippen LogP contribution in [-0.4, -0.2) is 6.72 Å². The van der Waals surface area contributed by atoms with Crippen molar-refractivity contribution in [3.63, 3.8) is 0 Å². The molecule has 0 aromatic heterocycles. The highest BCUT2D eigenvalue weighted by Gasteiger charge is 1.97. The second kappa shape index (κ2) is 3.16. The van der Waals surface area contributed by atoms with E-state index in [1.807, 2.05) is 12.1 Å². The van der Waals surface area contributed by atoms with E-state index < -0.39 is 0 Å². The lowest BCUT2D eigenvalue weighted by atomic mass is 10.1. The molecule has 0 fully saturated rings. The minimum Gasteiger partial charge on any atom is -0.399 e. The van der Waals surface area contributed by atoms with Gasteiger partial charge in [0, 0.05) is 12.2 Å². The summed E-state index contributed by atoms with van der Waals surface area (Å²) in [5.74, 6) is 0. The largest absolute Gasteiger partial charge is 0.399 e. The monoisotopic (exact) mass is 149 g/mol. The smallest absolute Gasteiger partial charge is 0.0668 e. The molecule has 0 aliphatic carbocycles. The second-order valence-corrected chi connectivity index (χ2v) is 2.25. The third kappa shape index (κ3) is 1.56. The van der Waals surface area contributed by atoms with Gasteiger partial charge in [0.2, 0.25) is 0 Å². The predicted molar refractivity (Wildman–Crippen MR) is 48.0 cm³/mol. The van der Waals surface area contributed by atoms with Crippen LogP contribution < -0.4 is 11.5 Å². The molecule has 0 bridgehead atoms. The van der Waals surface area contributed by atoms with Gasteiger partial charge in [0.15, 0.2) is 0 Å². The van der Waals surface area contributed by atoms with Crippen LogP contribution in [0, 0.1) is 0 Å². The summed E-state index contributed by atoms with van der Waals surface area (Å²) in [7, 11) is 0. The molecule has 0 spiro atoms. The first-order valence-electron chi connectivity index (χ1n) is 3.33. The zero-order chi connectivity index (χ0) is 8.27. The van der Waals surface area contributed by atoms with Crippen LogP contribution in [0.25, 0.3) is 0 Å². The fourth-order valence-electron chi connectivity index (χ4n) is 0.923. The molecule has 0 radical (unpaired) electrons. The summed E-state index contributed by atoms with van der Waals surface area (Å²) >= 11 is 0. The van der Waals surface area contributed by atoms with E-state index in [0.29, 0.717) is 12.2 Å². The number of nitrogen functional groups attached to an aromatic ring is 1. The van der Waals surface area contributed by atoms with Crippen molar-refractivity contribution < 1.29 is 0 Å². The summed E-state index contributed by atoms with van der Waals surface area (Å²) in [5, 5.41) is 0. The van der Waals surface area contributed by atoms with Gasteiger partial charge in [0.25, 0.3) is 0 Å². The van der Waals surface area contributed by atoms with Crippen LogP contribution in [0.5, 0.6) is 0 Å². The second-order valence-electron chi connectivity index (χ2n) is 2.25. The molecule has 0 saturated heterocycles. The average Bonchev–Trinajstić information content (AvgIpc) is 2.04. The van der Waals surface area contributed by atoms with Crippen LogP contribution in [0.4, 0.5) is 11.4 Å². The number of hydrogen-bond donors (Lipinski definition) is 2. The van der Waals surface area contributed by atoms with Gasteiger partial charge in [-0.25, -0.2) is 0 Å². The first-order valence-corrected chi connectivity index (χ1v) is 3.33. The molecule has 0 heterocycles. The number of anilines is 1. The van der Waals surface area contributed by atoms with E-state index in [1.54, 1.807) is 6.07 Å². The maximum absolute atomic E-state index is 5.54. The molecule has 0 atom stereocenters. The molecule has 0 unspecified atom stereocenters. The Hall–Kier alpha value is -1.35. The number of rotatable bonds is 2. The molecular formula is C8H11N3. The molecule has 0 saturated carbocycles. The highest BCUT2D eigenvalue weighted by atomic mass is 14.7.